The van der Waals surface area contributed by atoms with E-state index in [1.165, 1.54) is 17.8 Å². The lowest BCUT2D eigenvalue weighted by Crippen LogP contribution is -2.42. The number of halogens is 1. The van der Waals surface area contributed by atoms with E-state index < -0.39 is 0 Å². The maximum atomic E-state index is 13.4. The predicted octanol–water partition coefficient (Wildman–Crippen LogP) is 3.70. The Morgan fingerprint density at radius 2 is 2.14 bits per heavy atom. The molecule has 150 valence electrons. The first-order chi connectivity index (χ1) is 14.1. The molecule has 0 saturated carbocycles. The quantitative estimate of drug-likeness (QED) is 0.722. The van der Waals surface area contributed by atoms with Crippen LogP contribution in [-0.4, -0.2) is 45.3 Å². The first-order valence-corrected chi connectivity index (χ1v) is 10.2. The number of hydrogen-bond acceptors (Lipinski definition) is 3. The molecule has 3 aromatic rings. The van der Waals surface area contributed by atoms with Crippen molar-refractivity contribution in [3.05, 3.63) is 48.0 Å². The highest BCUT2D eigenvalue weighted by Gasteiger charge is 2.45. The number of aryl methyl sites for hydroxylation is 1. The molecule has 1 N–H and O–H groups in total. The van der Waals surface area contributed by atoms with Crippen molar-refractivity contribution < 1.29 is 9.18 Å². The van der Waals surface area contributed by atoms with Crippen molar-refractivity contribution in [1.82, 2.24) is 25.0 Å². The van der Waals surface area contributed by atoms with E-state index in [0.717, 1.165) is 55.5 Å². The molecule has 2 aliphatic heterocycles. The van der Waals surface area contributed by atoms with E-state index in [4.69, 9.17) is 5.10 Å². The lowest BCUT2D eigenvalue weighted by atomic mass is 9.77. The summed E-state index contributed by atoms with van der Waals surface area (Å²) < 4.78 is 15.5. The third-order valence-electron chi connectivity index (χ3n) is 6.26. The molecule has 1 saturated heterocycles. The number of aromatic nitrogens is 3. The van der Waals surface area contributed by atoms with Gasteiger partial charge in [0.05, 0.1) is 11.2 Å². The molecule has 4 heterocycles. The molecular weight excluding hydrogens is 369 g/mol. The average molecular weight is 393 g/mol. The molecule has 2 aromatic heterocycles. The van der Waals surface area contributed by atoms with Crippen LogP contribution in [-0.2, 0) is 12.0 Å². The highest BCUT2D eigenvalue weighted by Crippen LogP contribution is 2.43. The fraction of sp³-hybridized carbons (Fsp3) is 0.409. The predicted molar refractivity (Wildman–Crippen MR) is 109 cm³/mol. The largest absolute Gasteiger partial charge is 0.338 e. The van der Waals surface area contributed by atoms with E-state index in [1.54, 1.807) is 12.3 Å². The van der Waals surface area contributed by atoms with E-state index in [9.17, 15) is 9.18 Å². The molecule has 1 fully saturated rings. The van der Waals surface area contributed by atoms with Gasteiger partial charge in [0.15, 0.2) is 0 Å². The van der Waals surface area contributed by atoms with Gasteiger partial charge in [-0.1, -0.05) is 0 Å². The molecule has 1 aromatic carbocycles. The topological polar surface area (TPSA) is 63.1 Å². The van der Waals surface area contributed by atoms with Crippen molar-refractivity contribution in [2.24, 2.45) is 0 Å². The molecule has 0 bridgehead atoms. The molecule has 7 heteroatoms. The molecule has 1 spiro atoms. The van der Waals surface area contributed by atoms with E-state index in [1.807, 2.05) is 17.9 Å². The van der Waals surface area contributed by atoms with Crippen LogP contribution in [0.4, 0.5) is 9.18 Å². The number of rotatable bonds is 2. The zero-order chi connectivity index (χ0) is 20.0. The lowest BCUT2D eigenvalue weighted by molar-refractivity contribution is 0.203. The summed E-state index contributed by atoms with van der Waals surface area (Å²) in [6.45, 7) is 4.99. The third kappa shape index (κ3) is 3.05. The Hall–Kier alpha value is -2.96. The maximum Gasteiger partial charge on any atom is 0.317 e. The summed E-state index contributed by atoms with van der Waals surface area (Å²) in [5.41, 5.74) is 3.64. The number of nitrogens with zero attached hydrogens (tertiary/aromatic N) is 4. The van der Waals surface area contributed by atoms with Gasteiger partial charge in [-0.05, 0) is 50.5 Å². The number of benzene rings is 1. The van der Waals surface area contributed by atoms with Gasteiger partial charge >= 0.3 is 6.03 Å². The van der Waals surface area contributed by atoms with Crippen molar-refractivity contribution in [3.8, 4) is 11.3 Å². The number of carbonyl (C=O) groups is 1. The first-order valence-electron chi connectivity index (χ1n) is 10.2. The maximum absolute atomic E-state index is 13.4. The van der Waals surface area contributed by atoms with Gasteiger partial charge in [0, 0.05) is 60.5 Å². The number of carbonyl (C=O) groups excluding carboxylic acids is 1. The molecule has 0 aliphatic carbocycles. The van der Waals surface area contributed by atoms with E-state index in [2.05, 4.69) is 21.0 Å². The van der Waals surface area contributed by atoms with Crippen LogP contribution in [0.15, 0.2) is 36.5 Å². The number of hydrogen-bond donors (Lipinski definition) is 1. The normalized spacial score (nSPS) is 21.0. The van der Waals surface area contributed by atoms with Crippen LogP contribution in [0.1, 0.15) is 31.9 Å². The zero-order valence-corrected chi connectivity index (χ0v) is 16.5. The van der Waals surface area contributed by atoms with Gasteiger partial charge in [-0.15, -0.1) is 0 Å². The second kappa shape index (κ2) is 6.83. The minimum Gasteiger partial charge on any atom is -0.338 e. The smallest absolute Gasteiger partial charge is 0.317 e. The van der Waals surface area contributed by atoms with Crippen LogP contribution in [0.25, 0.3) is 22.2 Å². The van der Waals surface area contributed by atoms with Crippen LogP contribution in [0.3, 0.4) is 0 Å². The Labute approximate surface area is 168 Å². The van der Waals surface area contributed by atoms with Gasteiger partial charge in [-0.2, -0.15) is 5.10 Å². The second-order valence-corrected chi connectivity index (χ2v) is 8.09. The Kier molecular flexibility index (Phi) is 4.26. The summed E-state index contributed by atoms with van der Waals surface area (Å²) >= 11 is 0. The lowest BCUT2D eigenvalue weighted by Gasteiger charge is -2.34. The molecule has 29 heavy (non-hydrogen) atoms. The molecule has 2 aliphatic rings. The standard InChI is InChI=1S/C22H24FN5O/c1-2-24-21(29)27-9-7-22(14-27)6-3-8-28-20(22)12-19(26-28)16-10-15-4-5-17(23)11-18(15)25-13-16/h4-5,10-13H,2-3,6-9,14H2,1H3,(H,24,29). The van der Waals surface area contributed by atoms with Crippen molar-refractivity contribution in [3.63, 3.8) is 0 Å². The number of pyridine rings is 1. The first kappa shape index (κ1) is 18.1. The van der Waals surface area contributed by atoms with Gasteiger partial charge < -0.3 is 10.2 Å². The number of nitrogens with one attached hydrogen (secondary N) is 1. The van der Waals surface area contributed by atoms with Crippen molar-refractivity contribution in [2.75, 3.05) is 19.6 Å². The summed E-state index contributed by atoms with van der Waals surface area (Å²) in [5, 5.41) is 8.67. The van der Waals surface area contributed by atoms with Gasteiger partial charge in [-0.25, -0.2) is 9.18 Å². The van der Waals surface area contributed by atoms with E-state index >= 15 is 0 Å². The number of likely N-dealkylation sites (tertiary alicyclic amines) is 1. The van der Waals surface area contributed by atoms with Crippen LogP contribution < -0.4 is 5.32 Å². The average Bonchev–Trinajstić information content (AvgIpc) is 3.34. The number of amides is 2. The minimum atomic E-state index is -0.282. The van der Waals surface area contributed by atoms with Gasteiger partial charge in [0.25, 0.3) is 0 Å². The van der Waals surface area contributed by atoms with Crippen molar-refractivity contribution in [1.29, 1.82) is 0 Å². The third-order valence-corrected chi connectivity index (χ3v) is 6.26. The molecular formula is C22H24FN5O. The van der Waals surface area contributed by atoms with Crippen LogP contribution in [0.5, 0.6) is 0 Å². The molecule has 2 amide bonds. The van der Waals surface area contributed by atoms with Crippen LogP contribution >= 0.6 is 0 Å². The SMILES string of the molecule is CCNC(=O)N1CCC2(CCCn3nc(-c4cnc5cc(F)ccc5c4)cc32)C1. The minimum absolute atomic E-state index is 0.0206. The summed E-state index contributed by atoms with van der Waals surface area (Å²) in [5.74, 6) is -0.282. The zero-order valence-electron chi connectivity index (χ0n) is 16.5. The van der Waals surface area contributed by atoms with Gasteiger partial charge in [0.2, 0.25) is 0 Å². The molecule has 5 rings (SSSR count). The van der Waals surface area contributed by atoms with Crippen molar-refractivity contribution >= 4 is 16.9 Å². The monoisotopic (exact) mass is 393 g/mol. The van der Waals surface area contributed by atoms with Crippen LogP contribution in [0.2, 0.25) is 0 Å². The second-order valence-electron chi connectivity index (χ2n) is 8.09. The van der Waals surface area contributed by atoms with Gasteiger partial charge in [0.1, 0.15) is 5.82 Å². The fourth-order valence-electron chi connectivity index (χ4n) is 4.81. The van der Waals surface area contributed by atoms with E-state index in [-0.39, 0.29) is 17.3 Å². The number of urea groups is 1. The van der Waals surface area contributed by atoms with Crippen molar-refractivity contribution in [2.45, 2.75) is 38.1 Å². The molecule has 1 atom stereocenters. The highest BCUT2D eigenvalue weighted by molar-refractivity contribution is 5.83. The Balaban J connectivity index is 1.49. The molecule has 1 unspecified atom stereocenters. The summed E-state index contributed by atoms with van der Waals surface area (Å²) in [6.07, 6.45) is 4.86. The Morgan fingerprint density at radius 1 is 1.24 bits per heavy atom. The molecule has 6 nitrogen and oxygen atoms in total. The Bertz CT molecular complexity index is 1090. The van der Waals surface area contributed by atoms with Crippen LogP contribution in [0, 0.1) is 5.82 Å². The Morgan fingerprint density at radius 3 is 3.00 bits per heavy atom. The van der Waals surface area contributed by atoms with E-state index in [0.29, 0.717) is 12.1 Å². The highest BCUT2D eigenvalue weighted by atomic mass is 19.1. The summed E-state index contributed by atoms with van der Waals surface area (Å²) in [7, 11) is 0. The summed E-state index contributed by atoms with van der Waals surface area (Å²) in [6, 6.07) is 8.84. The summed E-state index contributed by atoms with van der Waals surface area (Å²) in [4.78, 5) is 18.7. The van der Waals surface area contributed by atoms with Gasteiger partial charge in [-0.3, -0.25) is 9.67 Å². The fourth-order valence-corrected chi connectivity index (χ4v) is 4.81. The molecule has 0 radical (unpaired) electrons. The number of fused-ring (bicyclic) bond motifs is 3.